The maximum Gasteiger partial charge on any atom is 0.321 e. The number of rotatable bonds is 2. The number of benzene rings is 1. The predicted molar refractivity (Wildman–Crippen MR) is 97.5 cm³/mol. The normalized spacial score (nSPS) is 14.6. The number of ether oxygens (including phenoxy) is 1. The highest BCUT2D eigenvalue weighted by Gasteiger charge is 2.18. The Hall–Kier alpha value is -2.52. The van der Waals surface area contributed by atoms with E-state index in [9.17, 15) is 9.18 Å². The van der Waals surface area contributed by atoms with Gasteiger partial charge in [-0.05, 0) is 34.1 Å². The van der Waals surface area contributed by atoms with E-state index in [2.05, 4.69) is 31.2 Å². The molecule has 4 rings (SSSR count). The molecule has 0 spiro atoms. The van der Waals surface area contributed by atoms with E-state index in [0.717, 1.165) is 4.47 Å². The lowest BCUT2D eigenvalue weighted by molar-refractivity contribution is 0.0564. The average Bonchev–Trinajstić information content (AvgIpc) is 3.07. The number of imidazole rings is 1. The summed E-state index contributed by atoms with van der Waals surface area (Å²) in [6, 6.07) is 4.19. The Morgan fingerprint density at radius 3 is 2.88 bits per heavy atom. The van der Waals surface area contributed by atoms with E-state index in [1.54, 1.807) is 34.0 Å². The molecule has 2 aromatic heterocycles. The van der Waals surface area contributed by atoms with Crippen LogP contribution in [0.15, 0.2) is 41.3 Å². The molecule has 9 heteroatoms. The maximum absolute atomic E-state index is 14.3. The highest BCUT2D eigenvalue weighted by Crippen LogP contribution is 2.26. The van der Waals surface area contributed by atoms with Crippen molar-refractivity contribution in [3.05, 3.63) is 47.1 Å². The van der Waals surface area contributed by atoms with Crippen LogP contribution in [0.5, 0.6) is 0 Å². The number of carbonyl (C=O) groups excluding carboxylic acids is 1. The van der Waals surface area contributed by atoms with Crippen molar-refractivity contribution < 1.29 is 13.9 Å². The first kappa shape index (κ1) is 16.9. The third kappa shape index (κ3) is 3.40. The number of hydrogen-bond donors (Lipinski definition) is 1. The Bertz CT molecular complexity index is 971. The van der Waals surface area contributed by atoms with Crippen LogP contribution in [0, 0.1) is 5.82 Å². The third-order valence-electron chi connectivity index (χ3n) is 4.07. The lowest BCUT2D eigenvalue weighted by Gasteiger charge is -2.27. The second-order valence-electron chi connectivity index (χ2n) is 5.83. The van der Waals surface area contributed by atoms with Gasteiger partial charge in [-0.25, -0.2) is 19.2 Å². The molecule has 3 heterocycles. The standard InChI is InChI=1S/C17H15BrFN5O2/c18-11-8-20-16-22-15(10-24(16)9-11)13-7-12(1-2-14(13)19)21-17(25)23-3-5-26-6-4-23/h1-2,7-10H,3-6H2,(H,21,25). The van der Waals surface area contributed by atoms with Gasteiger partial charge >= 0.3 is 6.03 Å². The summed E-state index contributed by atoms with van der Waals surface area (Å²) in [5, 5.41) is 2.80. The fourth-order valence-corrected chi connectivity index (χ4v) is 3.08. The van der Waals surface area contributed by atoms with Crippen molar-refractivity contribution in [2.45, 2.75) is 0 Å². The van der Waals surface area contributed by atoms with Gasteiger partial charge in [0.05, 0.1) is 23.4 Å². The van der Waals surface area contributed by atoms with Gasteiger partial charge in [-0.3, -0.25) is 4.40 Å². The van der Waals surface area contributed by atoms with E-state index in [-0.39, 0.29) is 6.03 Å². The van der Waals surface area contributed by atoms with Crippen molar-refractivity contribution in [3.8, 4) is 11.3 Å². The molecule has 1 aliphatic heterocycles. The van der Waals surface area contributed by atoms with E-state index in [4.69, 9.17) is 4.74 Å². The zero-order chi connectivity index (χ0) is 18.1. The number of anilines is 1. The smallest absolute Gasteiger partial charge is 0.321 e. The van der Waals surface area contributed by atoms with Crippen LogP contribution >= 0.6 is 15.9 Å². The molecule has 134 valence electrons. The van der Waals surface area contributed by atoms with Gasteiger partial charge < -0.3 is 15.0 Å². The van der Waals surface area contributed by atoms with Crippen LogP contribution in [0.1, 0.15) is 0 Å². The van der Waals surface area contributed by atoms with Gasteiger partial charge in [0.1, 0.15) is 5.82 Å². The molecule has 1 aliphatic rings. The first-order valence-corrected chi connectivity index (χ1v) is 8.83. The van der Waals surface area contributed by atoms with Gasteiger partial charge in [-0.2, -0.15) is 0 Å². The number of aromatic nitrogens is 3. The summed E-state index contributed by atoms with van der Waals surface area (Å²) in [7, 11) is 0. The maximum atomic E-state index is 14.3. The van der Waals surface area contributed by atoms with E-state index < -0.39 is 5.82 Å². The summed E-state index contributed by atoms with van der Waals surface area (Å²) in [4.78, 5) is 22.5. The molecule has 0 radical (unpaired) electrons. The predicted octanol–water partition coefficient (Wildman–Crippen LogP) is 3.16. The average molecular weight is 420 g/mol. The minimum Gasteiger partial charge on any atom is -0.378 e. The Kier molecular flexibility index (Phi) is 4.56. The number of amides is 2. The SMILES string of the molecule is O=C(Nc1ccc(F)c(-c2cn3cc(Br)cnc3n2)c1)N1CCOCC1. The largest absolute Gasteiger partial charge is 0.378 e. The molecular formula is C17H15BrFN5O2. The Morgan fingerprint density at radius 1 is 1.27 bits per heavy atom. The number of urea groups is 1. The summed E-state index contributed by atoms with van der Waals surface area (Å²) in [5.74, 6) is 0.0437. The van der Waals surface area contributed by atoms with Crippen molar-refractivity contribution in [3.63, 3.8) is 0 Å². The van der Waals surface area contributed by atoms with Gasteiger partial charge in [0.2, 0.25) is 5.78 Å². The van der Waals surface area contributed by atoms with Crippen molar-refractivity contribution in [2.75, 3.05) is 31.6 Å². The minimum atomic E-state index is -0.420. The minimum absolute atomic E-state index is 0.230. The molecular weight excluding hydrogens is 405 g/mol. The zero-order valence-electron chi connectivity index (χ0n) is 13.7. The molecule has 2 amide bonds. The molecule has 0 atom stereocenters. The zero-order valence-corrected chi connectivity index (χ0v) is 15.2. The molecule has 1 aromatic carbocycles. The van der Waals surface area contributed by atoms with Gasteiger partial charge in [-0.15, -0.1) is 0 Å². The molecule has 0 saturated carbocycles. The third-order valence-corrected chi connectivity index (χ3v) is 4.48. The Labute approximate surface area is 156 Å². The Morgan fingerprint density at radius 2 is 2.08 bits per heavy atom. The fourth-order valence-electron chi connectivity index (χ4n) is 2.76. The van der Waals surface area contributed by atoms with Gasteiger partial charge in [0.25, 0.3) is 0 Å². The van der Waals surface area contributed by atoms with Crippen LogP contribution in [-0.4, -0.2) is 51.6 Å². The fraction of sp³-hybridized carbons (Fsp3) is 0.235. The molecule has 1 fully saturated rings. The van der Waals surface area contributed by atoms with Crippen molar-refractivity contribution >= 4 is 33.4 Å². The highest BCUT2D eigenvalue weighted by molar-refractivity contribution is 9.10. The Balaban J connectivity index is 1.61. The lowest BCUT2D eigenvalue weighted by Crippen LogP contribution is -2.43. The van der Waals surface area contributed by atoms with Crippen LogP contribution in [0.3, 0.4) is 0 Å². The van der Waals surface area contributed by atoms with E-state index in [0.29, 0.717) is 49.0 Å². The van der Waals surface area contributed by atoms with Crippen LogP contribution in [-0.2, 0) is 4.74 Å². The van der Waals surface area contributed by atoms with Crippen molar-refractivity contribution in [1.82, 2.24) is 19.3 Å². The van der Waals surface area contributed by atoms with Gasteiger partial charge in [0, 0.05) is 42.9 Å². The summed E-state index contributed by atoms with van der Waals surface area (Å²) < 4.78 is 22.1. The summed E-state index contributed by atoms with van der Waals surface area (Å²) in [5.41, 5.74) is 1.24. The molecule has 1 saturated heterocycles. The summed E-state index contributed by atoms with van der Waals surface area (Å²) in [6.07, 6.45) is 5.11. The first-order chi connectivity index (χ1) is 12.6. The molecule has 0 unspecified atom stereocenters. The summed E-state index contributed by atoms with van der Waals surface area (Å²) >= 11 is 3.34. The first-order valence-electron chi connectivity index (χ1n) is 8.04. The number of nitrogens with one attached hydrogen (secondary N) is 1. The molecule has 7 nitrogen and oxygen atoms in total. The van der Waals surface area contributed by atoms with Crippen LogP contribution in [0.25, 0.3) is 17.0 Å². The van der Waals surface area contributed by atoms with E-state index >= 15 is 0 Å². The van der Waals surface area contributed by atoms with Crippen molar-refractivity contribution in [1.29, 1.82) is 0 Å². The second kappa shape index (κ2) is 7.00. The molecule has 0 aliphatic carbocycles. The monoisotopic (exact) mass is 419 g/mol. The number of fused-ring (bicyclic) bond motifs is 1. The lowest BCUT2D eigenvalue weighted by atomic mass is 10.1. The summed E-state index contributed by atoms with van der Waals surface area (Å²) in [6.45, 7) is 2.11. The van der Waals surface area contributed by atoms with Crippen molar-refractivity contribution in [2.24, 2.45) is 0 Å². The van der Waals surface area contributed by atoms with Gasteiger partial charge in [-0.1, -0.05) is 0 Å². The molecule has 0 bridgehead atoms. The van der Waals surface area contributed by atoms with Crippen LogP contribution < -0.4 is 5.32 Å². The van der Waals surface area contributed by atoms with Crippen LogP contribution in [0.4, 0.5) is 14.9 Å². The number of halogens is 2. The quantitative estimate of drug-likeness (QED) is 0.692. The molecule has 1 N–H and O–H groups in total. The topological polar surface area (TPSA) is 71.8 Å². The van der Waals surface area contributed by atoms with E-state index in [1.807, 2.05) is 0 Å². The number of nitrogens with zero attached hydrogens (tertiary/aromatic N) is 4. The second-order valence-corrected chi connectivity index (χ2v) is 6.75. The van der Waals surface area contributed by atoms with Gasteiger partial charge in [0.15, 0.2) is 0 Å². The molecule has 3 aromatic rings. The van der Waals surface area contributed by atoms with E-state index in [1.165, 1.54) is 12.1 Å². The number of hydrogen-bond acceptors (Lipinski definition) is 4. The number of carbonyl (C=O) groups is 1. The molecule has 26 heavy (non-hydrogen) atoms. The highest BCUT2D eigenvalue weighted by atomic mass is 79.9. The number of morpholine rings is 1. The van der Waals surface area contributed by atoms with Crippen LogP contribution in [0.2, 0.25) is 0 Å².